The summed E-state index contributed by atoms with van der Waals surface area (Å²) in [7, 11) is 0. The maximum absolute atomic E-state index is 12.4. The van der Waals surface area contributed by atoms with Crippen molar-refractivity contribution in [3.8, 4) is 11.8 Å². The second-order valence-electron chi connectivity index (χ2n) is 8.19. The smallest absolute Gasteiger partial charge is 0.407 e. The van der Waals surface area contributed by atoms with E-state index in [0.717, 1.165) is 19.4 Å². The molecule has 0 saturated carbocycles. The van der Waals surface area contributed by atoms with Crippen LogP contribution in [0, 0.1) is 18.8 Å². The van der Waals surface area contributed by atoms with E-state index in [-0.39, 0.29) is 11.6 Å². The molecule has 156 valence electrons. The topological polar surface area (TPSA) is 105 Å². The first-order valence-electron chi connectivity index (χ1n) is 9.79. The number of imidazole rings is 1. The number of H-pyrrole nitrogens is 1. The summed E-state index contributed by atoms with van der Waals surface area (Å²) in [5.41, 5.74) is 0.866. The fraction of sp³-hybridized carbons (Fsp3) is 0.600. The van der Waals surface area contributed by atoms with Crippen molar-refractivity contribution >= 4 is 23.1 Å². The molecule has 2 aromatic heterocycles. The fourth-order valence-electron chi connectivity index (χ4n) is 3.46. The first kappa shape index (κ1) is 20.7. The Morgan fingerprint density at radius 1 is 1.41 bits per heavy atom. The Balaban J connectivity index is 1.90. The number of fused-ring (bicyclic) bond motifs is 1. The van der Waals surface area contributed by atoms with Crippen molar-refractivity contribution in [2.24, 2.45) is 0 Å². The van der Waals surface area contributed by atoms with Crippen molar-refractivity contribution in [1.29, 1.82) is 0 Å². The maximum Gasteiger partial charge on any atom is 0.407 e. The molecular weight excluding hydrogens is 372 g/mol. The van der Waals surface area contributed by atoms with Gasteiger partial charge in [0.05, 0.1) is 12.2 Å². The van der Waals surface area contributed by atoms with Crippen molar-refractivity contribution in [3.05, 3.63) is 16.0 Å². The van der Waals surface area contributed by atoms with Gasteiger partial charge in [-0.15, -0.1) is 5.92 Å². The third kappa shape index (κ3) is 4.70. The van der Waals surface area contributed by atoms with Crippen molar-refractivity contribution in [2.45, 2.75) is 65.6 Å². The number of piperidine rings is 1. The molecule has 1 aliphatic rings. The van der Waals surface area contributed by atoms with Crippen LogP contribution in [0.3, 0.4) is 0 Å². The first-order chi connectivity index (χ1) is 13.7. The molecule has 3 heterocycles. The van der Waals surface area contributed by atoms with Crippen LogP contribution in [0.1, 0.15) is 46.2 Å². The van der Waals surface area contributed by atoms with E-state index in [9.17, 15) is 9.59 Å². The summed E-state index contributed by atoms with van der Waals surface area (Å²) in [5.74, 6) is 6.56. The molecule has 0 bridgehead atoms. The summed E-state index contributed by atoms with van der Waals surface area (Å²) in [6.45, 7) is 10.8. The normalized spacial score (nSPS) is 17.0. The fourth-order valence-corrected chi connectivity index (χ4v) is 3.46. The van der Waals surface area contributed by atoms with E-state index in [0.29, 0.717) is 35.8 Å². The van der Waals surface area contributed by atoms with E-state index in [2.05, 4.69) is 32.3 Å². The van der Waals surface area contributed by atoms with Crippen LogP contribution in [0.5, 0.6) is 0 Å². The quantitative estimate of drug-likeness (QED) is 0.763. The largest absolute Gasteiger partial charge is 0.444 e. The third-order valence-electron chi connectivity index (χ3n) is 4.67. The summed E-state index contributed by atoms with van der Waals surface area (Å²) >= 11 is 0. The van der Waals surface area contributed by atoms with Crippen LogP contribution >= 0.6 is 0 Å². The van der Waals surface area contributed by atoms with Crippen LogP contribution in [-0.2, 0) is 11.3 Å². The van der Waals surface area contributed by atoms with Crippen molar-refractivity contribution in [3.63, 3.8) is 0 Å². The van der Waals surface area contributed by atoms with E-state index in [1.54, 1.807) is 6.92 Å². The highest BCUT2D eigenvalue weighted by Crippen LogP contribution is 2.24. The van der Waals surface area contributed by atoms with Gasteiger partial charge in [0.15, 0.2) is 0 Å². The van der Waals surface area contributed by atoms with Gasteiger partial charge in [0.25, 0.3) is 5.56 Å². The highest BCUT2D eigenvalue weighted by Gasteiger charge is 2.28. The Morgan fingerprint density at radius 3 is 2.86 bits per heavy atom. The predicted molar refractivity (Wildman–Crippen MR) is 111 cm³/mol. The Morgan fingerprint density at radius 2 is 2.17 bits per heavy atom. The molecule has 0 aromatic carbocycles. The van der Waals surface area contributed by atoms with Crippen molar-refractivity contribution in [2.75, 3.05) is 18.0 Å². The van der Waals surface area contributed by atoms with Gasteiger partial charge in [-0.1, -0.05) is 5.92 Å². The molecule has 2 N–H and O–H groups in total. The Hall–Kier alpha value is -3.02. The average molecular weight is 400 g/mol. The Labute approximate surface area is 169 Å². The Kier molecular flexibility index (Phi) is 5.82. The number of aromatic amines is 1. The Bertz CT molecular complexity index is 1020. The molecule has 3 rings (SSSR count). The average Bonchev–Trinajstić information content (AvgIpc) is 3.02. The lowest BCUT2D eigenvalue weighted by molar-refractivity contribution is 0.0500. The minimum Gasteiger partial charge on any atom is -0.444 e. The minimum atomic E-state index is -0.545. The molecule has 1 amide bonds. The van der Waals surface area contributed by atoms with Gasteiger partial charge >= 0.3 is 6.09 Å². The van der Waals surface area contributed by atoms with E-state index in [4.69, 9.17) is 9.72 Å². The number of amides is 1. The van der Waals surface area contributed by atoms with Crippen LogP contribution in [0.15, 0.2) is 4.79 Å². The van der Waals surface area contributed by atoms with E-state index >= 15 is 0 Å². The lowest BCUT2D eigenvalue weighted by Gasteiger charge is -2.34. The van der Waals surface area contributed by atoms with Gasteiger partial charge in [-0.3, -0.25) is 9.36 Å². The highest BCUT2D eigenvalue weighted by atomic mass is 16.6. The van der Waals surface area contributed by atoms with Gasteiger partial charge in [-0.2, -0.15) is 5.10 Å². The maximum atomic E-state index is 12.4. The molecule has 0 unspecified atom stereocenters. The lowest BCUT2D eigenvalue weighted by Crippen LogP contribution is -2.49. The van der Waals surface area contributed by atoms with Crippen LogP contribution in [0.4, 0.5) is 10.7 Å². The molecule has 29 heavy (non-hydrogen) atoms. The van der Waals surface area contributed by atoms with Crippen LogP contribution in [0.25, 0.3) is 11.0 Å². The first-order valence-corrected chi connectivity index (χ1v) is 9.79. The minimum absolute atomic E-state index is 0.0679. The number of alkyl carbamates (subject to hydrolysis) is 1. The second-order valence-corrected chi connectivity index (χ2v) is 8.19. The highest BCUT2D eigenvalue weighted by molar-refractivity contribution is 5.80. The second kappa shape index (κ2) is 8.15. The summed E-state index contributed by atoms with van der Waals surface area (Å²) < 4.78 is 7.20. The summed E-state index contributed by atoms with van der Waals surface area (Å²) in [5, 5.41) is 9.51. The van der Waals surface area contributed by atoms with Crippen LogP contribution in [-0.4, -0.2) is 50.6 Å². The number of aryl methyl sites for hydroxylation is 1. The number of nitrogens with zero attached hydrogens (tertiary/aromatic N) is 4. The van der Waals surface area contributed by atoms with E-state index in [1.807, 2.05) is 32.3 Å². The zero-order chi connectivity index (χ0) is 21.2. The number of carbonyl (C=O) groups excluding carboxylic acids is 1. The van der Waals surface area contributed by atoms with Gasteiger partial charge in [-0.25, -0.2) is 14.9 Å². The number of ether oxygens (including phenoxy) is 1. The van der Waals surface area contributed by atoms with Crippen molar-refractivity contribution in [1.82, 2.24) is 25.1 Å². The zero-order valence-electron chi connectivity index (χ0n) is 17.6. The number of anilines is 1. The van der Waals surface area contributed by atoms with Crippen LogP contribution < -0.4 is 15.8 Å². The van der Waals surface area contributed by atoms with Gasteiger partial charge in [0.1, 0.15) is 16.6 Å². The lowest BCUT2D eigenvalue weighted by atomic mass is 10.1. The molecule has 9 heteroatoms. The number of rotatable bonds is 3. The van der Waals surface area contributed by atoms with Gasteiger partial charge in [-0.05, 0) is 47.5 Å². The van der Waals surface area contributed by atoms with Crippen molar-refractivity contribution < 1.29 is 9.53 Å². The standard InChI is InChI=1S/C20H28N6O3/c1-6-7-11-26-16-15(13(2)23-24-17(16)27)22-18(26)25-10-8-9-14(12-25)21-19(28)29-20(3,4)5/h14H,8-12H2,1-5H3,(H,21,28)(H,24,27)/t14-/m1/s1. The molecular formula is C20H28N6O3. The van der Waals surface area contributed by atoms with Gasteiger partial charge < -0.3 is 15.0 Å². The molecule has 9 nitrogen and oxygen atoms in total. The number of aromatic nitrogens is 4. The SMILES string of the molecule is CC#CCn1c(N2CCC[C@@H](NC(=O)OC(C)(C)C)C2)nc2c(C)n[nH]c(=O)c21. The molecule has 0 spiro atoms. The van der Waals surface area contributed by atoms with E-state index in [1.165, 1.54) is 0 Å². The van der Waals surface area contributed by atoms with Crippen LogP contribution in [0.2, 0.25) is 0 Å². The molecule has 1 saturated heterocycles. The number of carbonyl (C=O) groups is 1. The summed E-state index contributed by atoms with van der Waals surface area (Å²) in [4.78, 5) is 31.4. The molecule has 1 fully saturated rings. The summed E-state index contributed by atoms with van der Waals surface area (Å²) in [6, 6.07) is -0.0679. The monoisotopic (exact) mass is 400 g/mol. The number of hydrogen-bond acceptors (Lipinski definition) is 6. The predicted octanol–water partition coefficient (Wildman–Crippen LogP) is 1.94. The molecule has 2 aromatic rings. The molecule has 0 aliphatic carbocycles. The third-order valence-corrected chi connectivity index (χ3v) is 4.67. The number of hydrogen-bond donors (Lipinski definition) is 2. The van der Waals surface area contributed by atoms with E-state index < -0.39 is 11.7 Å². The molecule has 1 atom stereocenters. The van der Waals surface area contributed by atoms with Gasteiger partial charge in [0.2, 0.25) is 5.95 Å². The summed E-state index contributed by atoms with van der Waals surface area (Å²) in [6.07, 6.45) is 1.31. The molecule has 1 aliphatic heterocycles. The number of nitrogens with one attached hydrogen (secondary N) is 2. The van der Waals surface area contributed by atoms with Gasteiger partial charge in [0, 0.05) is 19.1 Å². The molecule has 0 radical (unpaired) electrons. The zero-order valence-corrected chi connectivity index (χ0v) is 17.6.